The fourth-order valence-corrected chi connectivity index (χ4v) is 4.23. The van der Waals surface area contributed by atoms with Gasteiger partial charge in [-0.1, -0.05) is 0 Å². The van der Waals surface area contributed by atoms with E-state index in [2.05, 4.69) is 12.2 Å². The quantitative estimate of drug-likeness (QED) is 0.785. The lowest BCUT2D eigenvalue weighted by atomic mass is 9.97. The number of nitrogens with one attached hydrogen (secondary N) is 1. The first-order chi connectivity index (χ1) is 10.4. The van der Waals surface area contributed by atoms with E-state index in [4.69, 9.17) is 14.4 Å². The Morgan fingerprint density at radius 2 is 2.19 bits per heavy atom. The van der Waals surface area contributed by atoms with E-state index >= 15 is 0 Å². The Kier molecular flexibility index (Phi) is 3.15. The summed E-state index contributed by atoms with van der Waals surface area (Å²) >= 11 is 1.83. The summed E-state index contributed by atoms with van der Waals surface area (Å²) in [5.74, 6) is 1.71. The van der Waals surface area contributed by atoms with Gasteiger partial charge in [0.15, 0.2) is 5.82 Å². The average Bonchev–Trinajstić information content (AvgIpc) is 3.14. The molecule has 3 heterocycles. The molecule has 4 nitrogen and oxygen atoms in total. The van der Waals surface area contributed by atoms with Crippen LogP contribution in [0.4, 0.5) is 5.82 Å². The van der Waals surface area contributed by atoms with Crippen molar-refractivity contribution in [3.8, 4) is 11.4 Å². The molecule has 108 valence electrons. The van der Waals surface area contributed by atoms with Crippen LogP contribution in [0.15, 0.2) is 23.0 Å². The largest absolute Gasteiger partial charge is 0.472 e. The number of nitrogens with zero attached hydrogens (tertiary/aromatic N) is 2. The summed E-state index contributed by atoms with van der Waals surface area (Å²) < 4.78 is 5.17. The van der Waals surface area contributed by atoms with Gasteiger partial charge in [0.2, 0.25) is 0 Å². The van der Waals surface area contributed by atoms with Gasteiger partial charge in [0.1, 0.15) is 16.9 Å². The second-order valence-electron chi connectivity index (χ2n) is 5.33. The molecule has 4 rings (SSSR count). The molecule has 0 atom stereocenters. The molecule has 0 saturated heterocycles. The summed E-state index contributed by atoms with van der Waals surface area (Å²) in [6.45, 7) is 2.96. The summed E-state index contributed by atoms with van der Waals surface area (Å²) in [5.41, 5.74) is 2.40. The number of hydrogen-bond donors (Lipinski definition) is 1. The zero-order valence-electron chi connectivity index (χ0n) is 12.0. The molecule has 5 heteroatoms. The van der Waals surface area contributed by atoms with E-state index in [0.717, 1.165) is 35.0 Å². The maximum Gasteiger partial charge on any atom is 0.166 e. The molecule has 0 saturated carbocycles. The van der Waals surface area contributed by atoms with Crippen LogP contribution in [0.3, 0.4) is 0 Å². The van der Waals surface area contributed by atoms with Crippen molar-refractivity contribution in [2.75, 3.05) is 11.9 Å². The van der Waals surface area contributed by atoms with Crippen LogP contribution in [-0.4, -0.2) is 16.5 Å². The predicted molar refractivity (Wildman–Crippen MR) is 85.9 cm³/mol. The van der Waals surface area contributed by atoms with Crippen molar-refractivity contribution in [1.82, 2.24) is 9.97 Å². The lowest BCUT2D eigenvalue weighted by molar-refractivity contribution is 0.568. The Balaban J connectivity index is 1.96. The minimum atomic E-state index is 0.741. The standard InChI is InChI=1S/C16H17N3OS/c1-2-17-15-13-11-5-3-4-6-12(11)21-16(13)19-14(18-15)10-7-8-20-9-10/h7-9H,2-6H2,1H3,(H,17,18,19). The van der Waals surface area contributed by atoms with Crippen LogP contribution in [0.1, 0.15) is 30.2 Å². The molecule has 0 radical (unpaired) electrons. The van der Waals surface area contributed by atoms with Crippen molar-refractivity contribution in [1.29, 1.82) is 0 Å². The van der Waals surface area contributed by atoms with E-state index in [9.17, 15) is 0 Å². The Morgan fingerprint density at radius 3 is 3.00 bits per heavy atom. The average molecular weight is 299 g/mol. The maximum atomic E-state index is 5.17. The van der Waals surface area contributed by atoms with Crippen LogP contribution in [0.2, 0.25) is 0 Å². The molecule has 1 N–H and O–H groups in total. The highest BCUT2D eigenvalue weighted by molar-refractivity contribution is 7.19. The Labute approximate surface area is 127 Å². The summed E-state index contributed by atoms with van der Waals surface area (Å²) in [6.07, 6.45) is 8.26. The lowest BCUT2D eigenvalue weighted by Crippen LogP contribution is -2.04. The number of fused-ring (bicyclic) bond motifs is 3. The third-order valence-corrected chi connectivity index (χ3v) is 5.12. The molecule has 3 aromatic heterocycles. The van der Waals surface area contributed by atoms with Crippen LogP contribution in [0.5, 0.6) is 0 Å². The van der Waals surface area contributed by atoms with E-state index in [1.807, 2.05) is 17.4 Å². The summed E-state index contributed by atoms with van der Waals surface area (Å²) in [5, 5.41) is 4.65. The van der Waals surface area contributed by atoms with Gasteiger partial charge in [-0.2, -0.15) is 0 Å². The minimum absolute atomic E-state index is 0.741. The fraction of sp³-hybridized carbons (Fsp3) is 0.375. The highest BCUT2D eigenvalue weighted by Gasteiger charge is 2.21. The van der Waals surface area contributed by atoms with Gasteiger partial charge in [0.05, 0.1) is 17.2 Å². The second-order valence-corrected chi connectivity index (χ2v) is 6.41. The van der Waals surface area contributed by atoms with Gasteiger partial charge in [-0.3, -0.25) is 0 Å². The lowest BCUT2D eigenvalue weighted by Gasteiger charge is -2.12. The van der Waals surface area contributed by atoms with Crippen molar-refractivity contribution >= 4 is 27.4 Å². The summed E-state index contributed by atoms with van der Waals surface area (Å²) in [7, 11) is 0. The van der Waals surface area contributed by atoms with Crippen LogP contribution in [0.25, 0.3) is 21.6 Å². The summed E-state index contributed by atoms with van der Waals surface area (Å²) in [6, 6.07) is 1.91. The minimum Gasteiger partial charge on any atom is -0.472 e. The van der Waals surface area contributed by atoms with Gasteiger partial charge >= 0.3 is 0 Å². The third kappa shape index (κ3) is 2.12. The first-order valence-electron chi connectivity index (χ1n) is 7.45. The van der Waals surface area contributed by atoms with Gasteiger partial charge in [0, 0.05) is 11.4 Å². The van der Waals surface area contributed by atoms with E-state index in [1.165, 1.54) is 35.1 Å². The Morgan fingerprint density at radius 1 is 1.29 bits per heavy atom. The highest BCUT2D eigenvalue weighted by Crippen LogP contribution is 2.39. The first kappa shape index (κ1) is 12.8. The SMILES string of the molecule is CCNc1nc(-c2ccoc2)nc2sc3c(c12)CCCC3. The zero-order chi connectivity index (χ0) is 14.2. The molecule has 0 aliphatic heterocycles. The van der Waals surface area contributed by atoms with E-state index in [1.54, 1.807) is 12.5 Å². The number of furan rings is 1. The third-order valence-electron chi connectivity index (χ3n) is 3.94. The van der Waals surface area contributed by atoms with E-state index < -0.39 is 0 Å². The van der Waals surface area contributed by atoms with Gasteiger partial charge in [-0.25, -0.2) is 9.97 Å². The molecule has 21 heavy (non-hydrogen) atoms. The molecule has 1 aliphatic carbocycles. The molecule has 0 aromatic carbocycles. The number of rotatable bonds is 3. The monoisotopic (exact) mass is 299 g/mol. The fourth-order valence-electron chi connectivity index (χ4n) is 2.97. The van der Waals surface area contributed by atoms with Crippen molar-refractivity contribution in [2.24, 2.45) is 0 Å². The molecule has 0 amide bonds. The van der Waals surface area contributed by atoms with Gasteiger partial charge in [0.25, 0.3) is 0 Å². The molecule has 1 aliphatic rings. The zero-order valence-corrected chi connectivity index (χ0v) is 12.8. The Hall–Kier alpha value is -1.88. The number of hydrogen-bond acceptors (Lipinski definition) is 5. The second kappa shape index (κ2) is 5.15. The first-order valence-corrected chi connectivity index (χ1v) is 8.27. The number of aromatic nitrogens is 2. The van der Waals surface area contributed by atoms with Crippen LogP contribution >= 0.6 is 11.3 Å². The smallest absolute Gasteiger partial charge is 0.166 e. The molecule has 3 aromatic rings. The molecular weight excluding hydrogens is 282 g/mol. The normalized spacial score (nSPS) is 14.3. The van der Waals surface area contributed by atoms with E-state index in [0.29, 0.717) is 0 Å². The number of aryl methyl sites for hydroxylation is 2. The van der Waals surface area contributed by atoms with Crippen molar-refractivity contribution in [3.05, 3.63) is 29.0 Å². The van der Waals surface area contributed by atoms with Crippen molar-refractivity contribution < 1.29 is 4.42 Å². The van der Waals surface area contributed by atoms with Gasteiger partial charge in [-0.15, -0.1) is 11.3 Å². The summed E-state index contributed by atoms with van der Waals surface area (Å²) in [4.78, 5) is 12.1. The Bertz CT molecular complexity index is 777. The van der Waals surface area contributed by atoms with Crippen LogP contribution in [-0.2, 0) is 12.8 Å². The molecule has 0 unspecified atom stereocenters. The molecular formula is C16H17N3OS. The number of thiophene rings is 1. The topological polar surface area (TPSA) is 51.0 Å². The molecule has 0 bridgehead atoms. The van der Waals surface area contributed by atoms with Gasteiger partial charge in [-0.05, 0) is 44.2 Å². The van der Waals surface area contributed by atoms with Gasteiger partial charge < -0.3 is 9.73 Å². The molecule has 0 fully saturated rings. The highest BCUT2D eigenvalue weighted by atomic mass is 32.1. The number of anilines is 1. The van der Waals surface area contributed by atoms with Crippen LogP contribution in [0, 0.1) is 0 Å². The predicted octanol–water partition coefficient (Wildman–Crippen LogP) is 4.26. The van der Waals surface area contributed by atoms with Crippen LogP contribution < -0.4 is 5.32 Å². The molecule has 0 spiro atoms. The maximum absolute atomic E-state index is 5.17. The van der Waals surface area contributed by atoms with Crippen molar-refractivity contribution in [2.45, 2.75) is 32.6 Å². The van der Waals surface area contributed by atoms with E-state index in [-0.39, 0.29) is 0 Å². The van der Waals surface area contributed by atoms with Crippen molar-refractivity contribution in [3.63, 3.8) is 0 Å².